The Morgan fingerprint density at radius 1 is 1.11 bits per heavy atom. The fraction of sp³-hybridized carbons (Fsp3) is 0.333. The normalized spacial score (nSPS) is 18.4. The molecule has 0 amide bonds. The minimum absolute atomic E-state index is 0.121. The van der Waals surface area contributed by atoms with Gasteiger partial charge in [-0.15, -0.1) is 0 Å². The fourth-order valence-corrected chi connectivity index (χ4v) is 3.81. The van der Waals surface area contributed by atoms with Crippen LogP contribution >= 0.6 is 0 Å². The number of para-hydroxylation sites is 1. The van der Waals surface area contributed by atoms with Gasteiger partial charge in [0.2, 0.25) is 0 Å². The summed E-state index contributed by atoms with van der Waals surface area (Å²) in [5.74, 6) is 0. The van der Waals surface area contributed by atoms with Crippen molar-refractivity contribution in [1.29, 1.82) is 0 Å². The van der Waals surface area contributed by atoms with Crippen molar-refractivity contribution in [1.82, 2.24) is 0 Å². The van der Waals surface area contributed by atoms with Gasteiger partial charge in [0.15, 0.2) is 0 Å². The summed E-state index contributed by atoms with van der Waals surface area (Å²) in [5.41, 5.74) is -4.03. The third-order valence-corrected chi connectivity index (χ3v) is 5.78. The summed E-state index contributed by atoms with van der Waals surface area (Å²) < 4.78 is 67.7. The first kappa shape index (κ1) is 19.5. The number of hydrogen-bond acceptors (Lipinski definition) is 5. The van der Waals surface area contributed by atoms with Gasteiger partial charge in [0.1, 0.15) is 0 Å². The molecule has 1 aliphatic rings. The SMILES string of the molecule is CC1CN(c2ccc(Nc3ccccc3S(=O)(=O)C(F)(F)F)cc2)CCO1. The van der Waals surface area contributed by atoms with Crippen LogP contribution in [0.25, 0.3) is 0 Å². The highest BCUT2D eigenvalue weighted by molar-refractivity contribution is 7.92. The third kappa shape index (κ3) is 4.19. The molecule has 0 spiro atoms. The maximum atomic E-state index is 12.9. The van der Waals surface area contributed by atoms with Crippen LogP contribution in [-0.4, -0.2) is 39.7 Å². The summed E-state index contributed by atoms with van der Waals surface area (Å²) in [7, 11) is -5.44. The summed E-state index contributed by atoms with van der Waals surface area (Å²) in [6.45, 7) is 4.12. The monoisotopic (exact) mass is 400 g/mol. The van der Waals surface area contributed by atoms with Crippen LogP contribution in [0.5, 0.6) is 0 Å². The molecular weight excluding hydrogens is 381 g/mol. The van der Waals surface area contributed by atoms with Crippen LogP contribution in [-0.2, 0) is 14.6 Å². The number of sulfone groups is 1. The molecule has 2 aromatic carbocycles. The zero-order valence-electron chi connectivity index (χ0n) is 14.5. The van der Waals surface area contributed by atoms with Crippen molar-refractivity contribution in [2.75, 3.05) is 29.9 Å². The van der Waals surface area contributed by atoms with E-state index in [4.69, 9.17) is 4.74 Å². The van der Waals surface area contributed by atoms with Gasteiger partial charge >= 0.3 is 5.51 Å². The molecule has 146 valence electrons. The van der Waals surface area contributed by atoms with E-state index in [0.717, 1.165) is 24.8 Å². The van der Waals surface area contributed by atoms with Crippen molar-refractivity contribution < 1.29 is 26.3 Å². The van der Waals surface area contributed by atoms with Gasteiger partial charge in [-0.05, 0) is 43.3 Å². The third-order valence-electron chi connectivity index (χ3n) is 4.23. The highest BCUT2D eigenvalue weighted by Crippen LogP contribution is 2.35. The summed E-state index contributed by atoms with van der Waals surface area (Å²) in [4.78, 5) is 1.35. The van der Waals surface area contributed by atoms with E-state index >= 15 is 0 Å². The molecule has 1 unspecified atom stereocenters. The van der Waals surface area contributed by atoms with Crippen LogP contribution in [0, 0.1) is 0 Å². The van der Waals surface area contributed by atoms with Crippen LogP contribution in [0.3, 0.4) is 0 Å². The van der Waals surface area contributed by atoms with Gasteiger partial charge in [0.25, 0.3) is 9.84 Å². The van der Waals surface area contributed by atoms with Gasteiger partial charge in [-0.25, -0.2) is 8.42 Å². The van der Waals surface area contributed by atoms with E-state index in [1.54, 1.807) is 12.1 Å². The molecule has 1 heterocycles. The number of benzene rings is 2. The van der Waals surface area contributed by atoms with Gasteiger partial charge in [0.05, 0.1) is 23.3 Å². The minimum Gasteiger partial charge on any atom is -0.375 e. The van der Waals surface area contributed by atoms with Crippen LogP contribution in [0.1, 0.15) is 6.92 Å². The summed E-state index contributed by atoms with van der Waals surface area (Å²) in [5, 5.41) is 2.77. The maximum absolute atomic E-state index is 12.9. The Morgan fingerprint density at radius 3 is 2.41 bits per heavy atom. The smallest absolute Gasteiger partial charge is 0.375 e. The lowest BCUT2D eigenvalue weighted by molar-refractivity contribution is -0.0435. The number of nitrogens with zero attached hydrogens (tertiary/aromatic N) is 1. The second-order valence-corrected chi connectivity index (χ2v) is 8.15. The number of hydrogen-bond donors (Lipinski definition) is 1. The molecule has 0 radical (unpaired) electrons. The number of ether oxygens (including phenoxy) is 1. The molecule has 0 aromatic heterocycles. The summed E-state index contributed by atoms with van der Waals surface area (Å²) in [6.07, 6.45) is 0.121. The fourth-order valence-electron chi connectivity index (χ4n) is 2.89. The largest absolute Gasteiger partial charge is 0.501 e. The number of alkyl halides is 3. The molecule has 2 aromatic rings. The lowest BCUT2D eigenvalue weighted by Crippen LogP contribution is -2.41. The van der Waals surface area contributed by atoms with E-state index in [1.165, 1.54) is 18.2 Å². The maximum Gasteiger partial charge on any atom is 0.501 e. The second kappa shape index (κ2) is 7.40. The number of halogens is 3. The van der Waals surface area contributed by atoms with E-state index in [0.29, 0.717) is 12.3 Å². The molecular formula is C18H19F3N2O3S. The Hall–Kier alpha value is -2.26. The number of rotatable bonds is 4. The number of anilines is 3. The zero-order chi connectivity index (χ0) is 19.7. The lowest BCUT2D eigenvalue weighted by atomic mass is 10.2. The average Bonchev–Trinajstić information content (AvgIpc) is 2.62. The Morgan fingerprint density at radius 2 is 1.78 bits per heavy atom. The predicted octanol–water partition coefficient (Wildman–Crippen LogP) is 3.95. The zero-order valence-corrected chi connectivity index (χ0v) is 15.3. The van der Waals surface area contributed by atoms with Crippen molar-refractivity contribution in [2.24, 2.45) is 0 Å². The Labute approximate surface area is 155 Å². The van der Waals surface area contributed by atoms with Gasteiger partial charge < -0.3 is 15.0 Å². The van der Waals surface area contributed by atoms with E-state index in [-0.39, 0.29) is 11.8 Å². The predicted molar refractivity (Wildman–Crippen MR) is 97.0 cm³/mol. The van der Waals surface area contributed by atoms with E-state index in [1.807, 2.05) is 19.1 Å². The summed E-state index contributed by atoms with van der Waals surface area (Å²) >= 11 is 0. The van der Waals surface area contributed by atoms with E-state index < -0.39 is 20.2 Å². The van der Waals surface area contributed by atoms with Crippen molar-refractivity contribution >= 4 is 26.9 Å². The van der Waals surface area contributed by atoms with Crippen LogP contribution in [0.15, 0.2) is 53.4 Å². The molecule has 1 N–H and O–H groups in total. The molecule has 9 heteroatoms. The summed E-state index contributed by atoms with van der Waals surface area (Å²) in [6, 6.07) is 12.0. The van der Waals surface area contributed by atoms with Gasteiger partial charge in [-0.2, -0.15) is 13.2 Å². The molecule has 0 aliphatic carbocycles. The quantitative estimate of drug-likeness (QED) is 0.842. The number of morpholine rings is 1. The highest BCUT2D eigenvalue weighted by Gasteiger charge is 2.47. The van der Waals surface area contributed by atoms with Crippen LogP contribution in [0.2, 0.25) is 0 Å². The minimum atomic E-state index is -5.44. The van der Waals surface area contributed by atoms with Crippen molar-refractivity contribution in [2.45, 2.75) is 23.4 Å². The Bertz CT molecular complexity index is 899. The first-order valence-corrected chi connectivity index (χ1v) is 9.81. The van der Waals surface area contributed by atoms with Gasteiger partial charge in [-0.1, -0.05) is 12.1 Å². The first-order chi connectivity index (χ1) is 12.7. The van der Waals surface area contributed by atoms with Crippen molar-refractivity contribution in [3.05, 3.63) is 48.5 Å². The molecule has 0 bridgehead atoms. The molecule has 1 saturated heterocycles. The number of nitrogens with one attached hydrogen (secondary N) is 1. The molecule has 0 saturated carbocycles. The van der Waals surface area contributed by atoms with E-state index in [2.05, 4.69) is 10.2 Å². The standard InChI is InChI=1S/C18H19F3N2O3S/c1-13-12-23(10-11-26-13)15-8-6-14(7-9-15)22-16-4-2-3-5-17(16)27(24,25)18(19,20)21/h2-9,13,22H,10-12H2,1H3. The molecule has 1 fully saturated rings. The Kier molecular flexibility index (Phi) is 5.34. The van der Waals surface area contributed by atoms with Crippen LogP contribution in [0.4, 0.5) is 30.2 Å². The van der Waals surface area contributed by atoms with Crippen molar-refractivity contribution in [3.63, 3.8) is 0 Å². The molecule has 1 aliphatic heterocycles. The van der Waals surface area contributed by atoms with Gasteiger partial charge in [0, 0.05) is 24.5 Å². The Balaban J connectivity index is 1.83. The van der Waals surface area contributed by atoms with Crippen LogP contribution < -0.4 is 10.2 Å². The topological polar surface area (TPSA) is 58.6 Å². The molecule has 5 nitrogen and oxygen atoms in total. The first-order valence-electron chi connectivity index (χ1n) is 8.32. The average molecular weight is 400 g/mol. The molecule has 3 rings (SSSR count). The van der Waals surface area contributed by atoms with Crippen molar-refractivity contribution in [3.8, 4) is 0 Å². The highest BCUT2D eigenvalue weighted by atomic mass is 32.2. The van der Waals surface area contributed by atoms with Gasteiger partial charge in [-0.3, -0.25) is 0 Å². The lowest BCUT2D eigenvalue weighted by Gasteiger charge is -2.33. The van der Waals surface area contributed by atoms with E-state index in [9.17, 15) is 21.6 Å². The molecule has 27 heavy (non-hydrogen) atoms. The second-order valence-electron chi connectivity index (χ2n) is 6.24. The molecule has 1 atom stereocenters.